The Labute approximate surface area is 145 Å². The second-order valence-corrected chi connectivity index (χ2v) is 10.4. The largest absolute Gasteiger partial charge is 0.523 e. The van der Waals surface area contributed by atoms with Gasteiger partial charge in [0, 0.05) is 17.8 Å². The fraction of sp³-hybridized carbons (Fsp3) is 0.375. The highest BCUT2D eigenvalue weighted by Gasteiger charge is 2.54. The minimum absolute atomic E-state index is 0.203. The van der Waals surface area contributed by atoms with E-state index < -0.39 is 31.4 Å². The van der Waals surface area contributed by atoms with Crippen LogP contribution in [0, 0.1) is 0 Å². The molecule has 0 saturated carbocycles. The molecule has 2 aromatic rings. The summed E-state index contributed by atoms with van der Waals surface area (Å²) in [5.41, 5.74) is -6.19. The maximum absolute atomic E-state index is 13.0. The lowest BCUT2D eigenvalue weighted by molar-refractivity contribution is -0.0497. The van der Waals surface area contributed by atoms with E-state index in [0.717, 1.165) is 5.39 Å². The molecule has 0 amide bonds. The Morgan fingerprint density at radius 3 is 2.48 bits per heavy atom. The van der Waals surface area contributed by atoms with E-state index in [0.29, 0.717) is 23.1 Å². The second kappa shape index (κ2) is 6.46. The molecule has 25 heavy (non-hydrogen) atoms. The summed E-state index contributed by atoms with van der Waals surface area (Å²) in [5, 5.41) is 1.49. The molecule has 0 spiro atoms. The number of benzene rings is 2. The van der Waals surface area contributed by atoms with Crippen molar-refractivity contribution in [3.63, 3.8) is 0 Å². The number of fused-ring (bicyclic) bond motifs is 1. The number of hydrogen-bond acceptors (Lipinski definition) is 4. The molecule has 1 aliphatic rings. The number of rotatable bonds is 4. The summed E-state index contributed by atoms with van der Waals surface area (Å²) < 4.78 is 72.9. The Kier molecular flexibility index (Phi) is 4.78. The molecule has 4 nitrogen and oxygen atoms in total. The first-order chi connectivity index (χ1) is 11.7. The van der Waals surface area contributed by atoms with Gasteiger partial charge in [-0.15, -0.1) is 0 Å². The van der Waals surface area contributed by atoms with Gasteiger partial charge < -0.3 is 4.74 Å². The van der Waals surface area contributed by atoms with Crippen LogP contribution in [0.1, 0.15) is 12.8 Å². The zero-order valence-electron chi connectivity index (χ0n) is 13.3. The Hall–Kier alpha value is -1.29. The first-order valence-corrected chi connectivity index (χ1v) is 10.7. The van der Waals surface area contributed by atoms with Gasteiger partial charge in [0.2, 0.25) is 0 Å². The average Bonchev–Trinajstić information content (AvgIpc) is 2.96. The van der Waals surface area contributed by atoms with Gasteiger partial charge in [0.15, 0.2) is 0 Å². The predicted octanol–water partition coefficient (Wildman–Crippen LogP) is 4.55. The predicted molar refractivity (Wildman–Crippen MR) is 90.8 cm³/mol. The van der Waals surface area contributed by atoms with Gasteiger partial charge in [0.25, 0.3) is 0 Å². The van der Waals surface area contributed by atoms with E-state index in [-0.39, 0.29) is 5.75 Å². The van der Waals surface area contributed by atoms with Crippen molar-refractivity contribution < 1.29 is 30.0 Å². The summed E-state index contributed by atoms with van der Waals surface area (Å²) in [5.74, 6) is 0.203. The van der Waals surface area contributed by atoms with Crippen LogP contribution in [0.15, 0.2) is 47.4 Å². The topological polar surface area (TPSA) is 52.6 Å². The highest BCUT2D eigenvalue weighted by Crippen LogP contribution is 2.69. The normalized spacial score (nSPS) is 27.3. The molecule has 0 aliphatic carbocycles. The van der Waals surface area contributed by atoms with E-state index in [1.165, 1.54) is 7.11 Å². The van der Waals surface area contributed by atoms with Gasteiger partial charge in [-0.3, -0.25) is 0 Å². The lowest BCUT2D eigenvalue weighted by Crippen LogP contribution is -2.30. The van der Waals surface area contributed by atoms with Crippen molar-refractivity contribution >= 4 is 31.2 Å². The van der Waals surface area contributed by atoms with Gasteiger partial charge in [-0.1, -0.05) is 46.7 Å². The number of halogens is 3. The first-order valence-electron chi connectivity index (χ1n) is 7.54. The van der Waals surface area contributed by atoms with Crippen molar-refractivity contribution in [2.45, 2.75) is 28.7 Å². The lowest BCUT2D eigenvalue weighted by atomic mass is 10.1. The number of alkyl halides is 3. The van der Waals surface area contributed by atoms with Gasteiger partial charge in [0.05, 0.1) is 0 Å². The Balaban J connectivity index is 2.23. The molecule has 2 aromatic carbocycles. The molecular formula is C16H17F3O4S2. The minimum Gasteiger partial charge on any atom is -0.370 e. The molecule has 0 N–H and O–H groups in total. The smallest absolute Gasteiger partial charge is 0.370 e. The molecule has 1 heterocycles. The third kappa shape index (κ3) is 3.14. The van der Waals surface area contributed by atoms with Crippen LogP contribution in [-0.4, -0.2) is 32.2 Å². The molecule has 0 radical (unpaired) electrons. The van der Waals surface area contributed by atoms with Crippen LogP contribution >= 0.6 is 10.3 Å². The van der Waals surface area contributed by atoms with Crippen LogP contribution in [0.25, 0.3) is 10.8 Å². The van der Waals surface area contributed by atoms with E-state index in [1.807, 2.05) is 18.2 Å². The molecule has 0 bridgehead atoms. The zero-order chi connectivity index (χ0) is 18.3. The summed E-state index contributed by atoms with van der Waals surface area (Å²) >= 11 is 0. The van der Waals surface area contributed by atoms with Gasteiger partial charge in [-0.05, 0) is 29.7 Å². The van der Waals surface area contributed by atoms with E-state index in [4.69, 9.17) is 8.37 Å². The maximum Gasteiger partial charge on any atom is 0.523 e. The molecule has 2 unspecified atom stereocenters. The van der Waals surface area contributed by atoms with Gasteiger partial charge >= 0.3 is 15.6 Å². The molecule has 138 valence electrons. The molecular weight excluding hydrogens is 377 g/mol. The van der Waals surface area contributed by atoms with E-state index in [1.54, 1.807) is 24.3 Å². The fourth-order valence-corrected chi connectivity index (χ4v) is 8.71. The highest BCUT2D eigenvalue weighted by atomic mass is 32.3. The quantitative estimate of drug-likeness (QED) is 0.714. The molecule has 1 fully saturated rings. The van der Waals surface area contributed by atoms with Crippen molar-refractivity contribution in [2.75, 3.05) is 12.9 Å². The van der Waals surface area contributed by atoms with Crippen molar-refractivity contribution in [1.82, 2.24) is 0 Å². The molecule has 9 heteroatoms. The maximum atomic E-state index is 13.0. The number of ether oxygens (including phenoxy) is 1. The van der Waals surface area contributed by atoms with Crippen LogP contribution in [0.4, 0.5) is 13.2 Å². The second-order valence-electron chi connectivity index (χ2n) is 5.68. The van der Waals surface area contributed by atoms with E-state index >= 15 is 0 Å². The fourth-order valence-electron chi connectivity index (χ4n) is 3.12. The third-order valence-corrected chi connectivity index (χ3v) is 9.72. The van der Waals surface area contributed by atoms with Crippen molar-refractivity contribution in [1.29, 1.82) is 0 Å². The third-order valence-electron chi connectivity index (χ3n) is 4.19. The van der Waals surface area contributed by atoms with Gasteiger partial charge in [-0.2, -0.15) is 21.6 Å². The Morgan fingerprint density at radius 2 is 1.80 bits per heavy atom. The number of methoxy groups -OCH3 is 1. The first kappa shape index (κ1) is 18.5. The van der Waals surface area contributed by atoms with Crippen LogP contribution in [0.3, 0.4) is 0 Å². The van der Waals surface area contributed by atoms with Crippen molar-refractivity contribution in [3.8, 4) is 0 Å². The van der Waals surface area contributed by atoms with Crippen LogP contribution in [-0.2, 0) is 18.5 Å². The van der Waals surface area contributed by atoms with Crippen molar-refractivity contribution in [3.05, 3.63) is 42.5 Å². The summed E-state index contributed by atoms with van der Waals surface area (Å²) in [6, 6.07) is 12.3. The van der Waals surface area contributed by atoms with Crippen LogP contribution < -0.4 is 0 Å². The van der Waals surface area contributed by atoms with Gasteiger partial charge in [0.1, 0.15) is 5.44 Å². The summed E-state index contributed by atoms with van der Waals surface area (Å²) in [7, 11) is -7.20. The molecule has 1 aliphatic heterocycles. The average molecular weight is 394 g/mol. The minimum atomic E-state index is -5.74. The summed E-state index contributed by atoms with van der Waals surface area (Å²) in [6.07, 6.45) is 0.979. The van der Waals surface area contributed by atoms with E-state index in [2.05, 4.69) is 0 Å². The highest BCUT2D eigenvalue weighted by molar-refractivity contribution is 8.33. The SMILES string of the molecule is COC1CCCS1(OS(=O)(=O)C(F)(F)F)c1cccc2ccccc12. The van der Waals surface area contributed by atoms with Gasteiger partial charge in [-0.25, -0.2) is 3.63 Å². The molecule has 1 saturated heterocycles. The van der Waals surface area contributed by atoms with Crippen LogP contribution in [0.2, 0.25) is 0 Å². The molecule has 3 rings (SSSR count). The Bertz CT molecular complexity index is 877. The summed E-state index contributed by atoms with van der Waals surface area (Å²) in [4.78, 5) is 0.475. The Morgan fingerprint density at radius 1 is 1.12 bits per heavy atom. The standard InChI is InChI=1S/C16H17F3O4S2/c1-22-15-10-5-11-24(15,23-25(20,21)16(17,18)19)14-9-4-7-12-6-2-3-8-13(12)14/h2-4,6-9,15H,5,10-11H2,1H3. The number of hydrogen-bond donors (Lipinski definition) is 0. The zero-order valence-corrected chi connectivity index (χ0v) is 15.0. The van der Waals surface area contributed by atoms with E-state index in [9.17, 15) is 21.6 Å². The monoisotopic (exact) mass is 394 g/mol. The molecule has 2 atom stereocenters. The lowest BCUT2D eigenvalue weighted by Gasteiger charge is -2.39. The van der Waals surface area contributed by atoms with Crippen molar-refractivity contribution in [2.24, 2.45) is 0 Å². The molecule has 0 aromatic heterocycles. The van der Waals surface area contributed by atoms with Crippen LogP contribution in [0.5, 0.6) is 0 Å². The summed E-state index contributed by atoms with van der Waals surface area (Å²) in [6.45, 7) is 0.